The van der Waals surface area contributed by atoms with E-state index in [1.807, 2.05) is 0 Å². The lowest BCUT2D eigenvalue weighted by molar-refractivity contribution is -0.142. The molecule has 1 amide bonds. The van der Waals surface area contributed by atoms with E-state index in [9.17, 15) is 9.59 Å². The number of methoxy groups -OCH3 is 2. The van der Waals surface area contributed by atoms with Gasteiger partial charge >= 0.3 is 5.97 Å². The van der Waals surface area contributed by atoms with Crippen molar-refractivity contribution in [3.63, 3.8) is 0 Å². The Morgan fingerprint density at radius 2 is 1.80 bits per heavy atom. The van der Waals surface area contributed by atoms with E-state index in [1.165, 1.54) is 26.4 Å². The summed E-state index contributed by atoms with van der Waals surface area (Å²) in [6, 6.07) is 0. The van der Waals surface area contributed by atoms with E-state index in [4.69, 9.17) is 4.74 Å². The maximum atomic E-state index is 12.3. The Hall–Kier alpha value is -1.10. The Labute approximate surface area is 121 Å². The zero-order valence-corrected chi connectivity index (χ0v) is 12.7. The highest BCUT2D eigenvalue weighted by Crippen LogP contribution is 2.26. The average Bonchev–Trinajstić information content (AvgIpc) is 2.47. The quantitative estimate of drug-likeness (QED) is 0.640. The number of hydrogen-bond donors (Lipinski definition) is 0. The van der Waals surface area contributed by atoms with Crippen molar-refractivity contribution in [1.29, 1.82) is 0 Å². The summed E-state index contributed by atoms with van der Waals surface area (Å²) in [7, 11) is 2.98. The Morgan fingerprint density at radius 3 is 2.40 bits per heavy atom. The molecule has 0 aliphatic heterocycles. The van der Waals surface area contributed by atoms with Crippen molar-refractivity contribution in [3.8, 4) is 0 Å². The lowest BCUT2D eigenvalue weighted by Crippen LogP contribution is -2.37. The molecule has 1 aliphatic carbocycles. The van der Waals surface area contributed by atoms with Crippen LogP contribution in [0.2, 0.25) is 0 Å². The normalized spacial score (nSPS) is 15.9. The smallest absolute Gasteiger partial charge is 0.307 e. The van der Waals surface area contributed by atoms with Gasteiger partial charge in [-0.05, 0) is 18.8 Å². The predicted octanol–water partition coefficient (Wildman–Crippen LogP) is 1.99. The minimum Gasteiger partial charge on any atom is -0.469 e. The molecule has 116 valence electrons. The SMILES string of the molecule is COCCN(CCC(=O)OC)C(=O)CC1CCCCC1. The minimum absolute atomic E-state index is 0.137. The molecule has 1 fully saturated rings. The molecular formula is C15H27NO4. The third-order valence-electron chi connectivity index (χ3n) is 3.92. The zero-order chi connectivity index (χ0) is 14.8. The van der Waals surface area contributed by atoms with Gasteiger partial charge in [-0.25, -0.2) is 0 Å². The Bertz CT molecular complexity index is 300. The van der Waals surface area contributed by atoms with Gasteiger partial charge in [0.25, 0.3) is 0 Å². The molecule has 5 heteroatoms. The van der Waals surface area contributed by atoms with Crippen LogP contribution >= 0.6 is 0 Å². The summed E-state index contributed by atoms with van der Waals surface area (Å²) in [6.45, 7) is 1.46. The molecule has 5 nitrogen and oxygen atoms in total. The number of amides is 1. The monoisotopic (exact) mass is 285 g/mol. The summed E-state index contributed by atoms with van der Waals surface area (Å²) in [6.07, 6.45) is 6.92. The fourth-order valence-corrected chi connectivity index (χ4v) is 2.66. The van der Waals surface area contributed by atoms with E-state index in [0.717, 1.165) is 12.8 Å². The van der Waals surface area contributed by atoms with Crippen molar-refractivity contribution < 1.29 is 19.1 Å². The molecule has 0 aromatic rings. The summed E-state index contributed by atoms with van der Waals surface area (Å²) in [5, 5.41) is 0. The lowest BCUT2D eigenvalue weighted by atomic mass is 9.86. The zero-order valence-electron chi connectivity index (χ0n) is 12.7. The van der Waals surface area contributed by atoms with E-state index >= 15 is 0 Å². The third kappa shape index (κ3) is 6.37. The Kier molecular flexibility index (Phi) is 8.26. The van der Waals surface area contributed by atoms with Crippen molar-refractivity contribution >= 4 is 11.9 Å². The molecule has 0 unspecified atom stereocenters. The van der Waals surface area contributed by atoms with Gasteiger partial charge in [0.05, 0.1) is 20.1 Å². The van der Waals surface area contributed by atoms with Crippen molar-refractivity contribution in [2.45, 2.75) is 44.9 Å². The fraction of sp³-hybridized carbons (Fsp3) is 0.867. The van der Waals surface area contributed by atoms with E-state index < -0.39 is 0 Å². The van der Waals surface area contributed by atoms with Gasteiger partial charge in [-0.2, -0.15) is 0 Å². The average molecular weight is 285 g/mol. The first-order valence-corrected chi connectivity index (χ1v) is 7.51. The van der Waals surface area contributed by atoms with Crippen LogP contribution in [0.5, 0.6) is 0 Å². The van der Waals surface area contributed by atoms with Crippen LogP contribution in [0.4, 0.5) is 0 Å². The first-order valence-electron chi connectivity index (χ1n) is 7.51. The first kappa shape index (κ1) is 17.0. The van der Waals surface area contributed by atoms with Gasteiger partial charge in [0.2, 0.25) is 5.91 Å². The maximum Gasteiger partial charge on any atom is 0.307 e. The Balaban J connectivity index is 2.42. The molecule has 0 radical (unpaired) electrons. The highest BCUT2D eigenvalue weighted by atomic mass is 16.5. The molecule has 0 aromatic heterocycles. The van der Waals surface area contributed by atoms with Crippen LogP contribution < -0.4 is 0 Å². The molecule has 1 rings (SSSR count). The number of hydrogen-bond acceptors (Lipinski definition) is 4. The van der Waals surface area contributed by atoms with Gasteiger partial charge < -0.3 is 14.4 Å². The van der Waals surface area contributed by atoms with Crippen molar-refractivity contribution in [2.75, 3.05) is 33.9 Å². The number of ether oxygens (including phenoxy) is 2. The van der Waals surface area contributed by atoms with E-state index in [-0.39, 0.29) is 18.3 Å². The van der Waals surface area contributed by atoms with E-state index in [0.29, 0.717) is 32.0 Å². The van der Waals surface area contributed by atoms with Crippen LogP contribution in [0.3, 0.4) is 0 Å². The number of carbonyl (C=O) groups excluding carboxylic acids is 2. The van der Waals surface area contributed by atoms with Crippen LogP contribution in [0.15, 0.2) is 0 Å². The van der Waals surface area contributed by atoms with Crippen molar-refractivity contribution in [3.05, 3.63) is 0 Å². The van der Waals surface area contributed by atoms with Crippen LogP contribution in [0, 0.1) is 5.92 Å². The fourth-order valence-electron chi connectivity index (χ4n) is 2.66. The summed E-state index contributed by atoms with van der Waals surface area (Å²) in [4.78, 5) is 25.3. The van der Waals surface area contributed by atoms with Gasteiger partial charge in [0, 0.05) is 26.6 Å². The summed E-state index contributed by atoms with van der Waals surface area (Å²) in [5.41, 5.74) is 0. The molecule has 0 aromatic carbocycles. The van der Waals surface area contributed by atoms with Gasteiger partial charge in [-0.1, -0.05) is 19.3 Å². The molecule has 0 heterocycles. The number of carbonyl (C=O) groups is 2. The number of esters is 1. The topological polar surface area (TPSA) is 55.8 Å². The molecule has 0 bridgehead atoms. The molecular weight excluding hydrogens is 258 g/mol. The van der Waals surface area contributed by atoms with Crippen LogP contribution in [0.25, 0.3) is 0 Å². The van der Waals surface area contributed by atoms with E-state index in [1.54, 1.807) is 12.0 Å². The highest BCUT2D eigenvalue weighted by Gasteiger charge is 2.21. The van der Waals surface area contributed by atoms with Gasteiger partial charge in [-0.15, -0.1) is 0 Å². The number of nitrogens with zero attached hydrogens (tertiary/aromatic N) is 1. The molecule has 0 N–H and O–H groups in total. The molecule has 0 atom stereocenters. The highest BCUT2D eigenvalue weighted by molar-refractivity contribution is 5.77. The minimum atomic E-state index is -0.280. The first-order chi connectivity index (χ1) is 9.67. The second kappa shape index (κ2) is 9.75. The van der Waals surface area contributed by atoms with E-state index in [2.05, 4.69) is 4.74 Å². The number of rotatable bonds is 8. The molecule has 1 aliphatic rings. The van der Waals surface area contributed by atoms with Crippen molar-refractivity contribution in [2.24, 2.45) is 5.92 Å². The molecule has 1 saturated carbocycles. The van der Waals surface area contributed by atoms with Crippen LogP contribution in [-0.4, -0.2) is 50.7 Å². The predicted molar refractivity (Wildman–Crippen MR) is 76.3 cm³/mol. The molecule has 20 heavy (non-hydrogen) atoms. The molecule has 0 spiro atoms. The summed E-state index contributed by atoms with van der Waals surface area (Å²) < 4.78 is 9.66. The van der Waals surface area contributed by atoms with Crippen LogP contribution in [0.1, 0.15) is 44.9 Å². The summed E-state index contributed by atoms with van der Waals surface area (Å²) >= 11 is 0. The van der Waals surface area contributed by atoms with Gasteiger partial charge in [-0.3, -0.25) is 9.59 Å². The van der Waals surface area contributed by atoms with Crippen molar-refractivity contribution in [1.82, 2.24) is 4.90 Å². The Morgan fingerprint density at radius 1 is 1.10 bits per heavy atom. The lowest BCUT2D eigenvalue weighted by Gasteiger charge is -2.26. The second-order valence-electron chi connectivity index (χ2n) is 5.41. The molecule has 0 saturated heterocycles. The standard InChI is InChI=1S/C15H27NO4/c1-19-11-10-16(9-8-15(18)20-2)14(17)12-13-6-4-3-5-7-13/h13H,3-12H2,1-2H3. The van der Waals surface area contributed by atoms with Gasteiger partial charge in [0.15, 0.2) is 0 Å². The summed E-state index contributed by atoms with van der Waals surface area (Å²) in [5.74, 6) is 0.371. The largest absolute Gasteiger partial charge is 0.469 e. The maximum absolute atomic E-state index is 12.3. The van der Waals surface area contributed by atoms with Gasteiger partial charge in [0.1, 0.15) is 0 Å². The third-order valence-corrected chi connectivity index (χ3v) is 3.92. The second-order valence-corrected chi connectivity index (χ2v) is 5.41. The van der Waals surface area contributed by atoms with Crippen LogP contribution in [-0.2, 0) is 19.1 Å².